The van der Waals surface area contributed by atoms with Gasteiger partial charge in [0.1, 0.15) is 0 Å². The van der Waals surface area contributed by atoms with Crippen molar-refractivity contribution >= 4 is 5.97 Å². The SMILES string of the molecule is Cc1cc(O)n(-c2ccccc2C(=O)O)c1O. The molecule has 0 spiro atoms. The summed E-state index contributed by atoms with van der Waals surface area (Å²) in [4.78, 5) is 11.0. The monoisotopic (exact) mass is 233 g/mol. The molecule has 5 nitrogen and oxygen atoms in total. The molecule has 0 radical (unpaired) electrons. The van der Waals surface area contributed by atoms with E-state index in [4.69, 9.17) is 5.11 Å². The lowest BCUT2D eigenvalue weighted by Crippen LogP contribution is -2.04. The lowest BCUT2D eigenvalue weighted by Gasteiger charge is -2.09. The van der Waals surface area contributed by atoms with E-state index in [0.29, 0.717) is 5.56 Å². The van der Waals surface area contributed by atoms with E-state index in [1.54, 1.807) is 19.1 Å². The first-order chi connectivity index (χ1) is 8.02. The first kappa shape index (κ1) is 11.1. The molecular weight excluding hydrogens is 222 g/mol. The zero-order chi connectivity index (χ0) is 12.6. The van der Waals surface area contributed by atoms with Crippen LogP contribution in [-0.2, 0) is 0 Å². The minimum atomic E-state index is -1.12. The number of hydrogen-bond acceptors (Lipinski definition) is 3. The number of rotatable bonds is 2. The second kappa shape index (κ2) is 3.86. The molecule has 0 aliphatic carbocycles. The zero-order valence-electron chi connectivity index (χ0n) is 9.08. The van der Waals surface area contributed by atoms with Crippen molar-refractivity contribution in [3.63, 3.8) is 0 Å². The van der Waals surface area contributed by atoms with Gasteiger partial charge in [-0.1, -0.05) is 12.1 Å². The van der Waals surface area contributed by atoms with Crippen LogP contribution in [0.25, 0.3) is 5.69 Å². The lowest BCUT2D eigenvalue weighted by atomic mass is 10.2. The summed E-state index contributed by atoms with van der Waals surface area (Å²) in [6.07, 6.45) is 0. The lowest BCUT2D eigenvalue weighted by molar-refractivity contribution is 0.0697. The van der Waals surface area contributed by atoms with E-state index >= 15 is 0 Å². The van der Waals surface area contributed by atoms with Gasteiger partial charge in [-0.25, -0.2) is 4.79 Å². The summed E-state index contributed by atoms with van der Waals surface area (Å²) in [6, 6.07) is 7.51. The first-order valence-corrected chi connectivity index (χ1v) is 4.95. The van der Waals surface area contributed by atoms with Crippen molar-refractivity contribution < 1.29 is 20.1 Å². The van der Waals surface area contributed by atoms with Crippen molar-refractivity contribution in [2.24, 2.45) is 0 Å². The number of aromatic nitrogens is 1. The number of para-hydroxylation sites is 1. The van der Waals surface area contributed by atoms with E-state index in [-0.39, 0.29) is 23.0 Å². The fraction of sp³-hybridized carbons (Fsp3) is 0.0833. The normalized spacial score (nSPS) is 10.4. The highest BCUT2D eigenvalue weighted by Gasteiger charge is 2.17. The van der Waals surface area contributed by atoms with Crippen LogP contribution in [0.5, 0.6) is 11.8 Å². The third kappa shape index (κ3) is 1.71. The molecule has 0 fully saturated rings. The maximum atomic E-state index is 11.0. The van der Waals surface area contributed by atoms with Gasteiger partial charge in [0.15, 0.2) is 5.88 Å². The van der Waals surface area contributed by atoms with Crippen LogP contribution in [0.4, 0.5) is 0 Å². The Morgan fingerprint density at radius 3 is 2.41 bits per heavy atom. The maximum Gasteiger partial charge on any atom is 0.337 e. The second-order valence-electron chi connectivity index (χ2n) is 3.67. The van der Waals surface area contributed by atoms with Gasteiger partial charge in [0.2, 0.25) is 5.88 Å². The first-order valence-electron chi connectivity index (χ1n) is 4.95. The van der Waals surface area contributed by atoms with Crippen molar-refractivity contribution in [1.82, 2.24) is 4.57 Å². The molecule has 88 valence electrons. The van der Waals surface area contributed by atoms with Gasteiger partial charge in [-0.05, 0) is 19.1 Å². The third-order valence-corrected chi connectivity index (χ3v) is 2.51. The molecule has 0 unspecified atom stereocenters. The molecule has 0 saturated carbocycles. The summed E-state index contributed by atoms with van der Waals surface area (Å²) in [5.41, 5.74) is 0.708. The third-order valence-electron chi connectivity index (χ3n) is 2.51. The van der Waals surface area contributed by atoms with Crippen LogP contribution >= 0.6 is 0 Å². The van der Waals surface area contributed by atoms with Crippen LogP contribution in [0, 0.1) is 6.92 Å². The van der Waals surface area contributed by atoms with Gasteiger partial charge in [0.25, 0.3) is 0 Å². The highest BCUT2D eigenvalue weighted by Crippen LogP contribution is 2.32. The molecular formula is C12H11NO4. The van der Waals surface area contributed by atoms with E-state index < -0.39 is 5.97 Å². The molecule has 2 aromatic rings. The molecule has 0 bridgehead atoms. The van der Waals surface area contributed by atoms with Crippen LogP contribution in [0.15, 0.2) is 30.3 Å². The molecule has 2 rings (SSSR count). The van der Waals surface area contributed by atoms with Gasteiger partial charge in [0, 0.05) is 11.6 Å². The van der Waals surface area contributed by atoms with Crippen LogP contribution in [0.3, 0.4) is 0 Å². The van der Waals surface area contributed by atoms with Crippen LogP contribution in [0.1, 0.15) is 15.9 Å². The number of carboxylic acids is 1. The standard InChI is InChI=1S/C12H11NO4/c1-7-6-10(14)13(11(7)15)9-5-3-2-4-8(9)12(16)17/h2-6,14-15H,1H3,(H,16,17). The molecule has 0 saturated heterocycles. The molecule has 1 heterocycles. The molecule has 0 aliphatic rings. The number of aromatic hydroxyl groups is 2. The number of hydrogen-bond donors (Lipinski definition) is 3. The maximum absolute atomic E-state index is 11.0. The van der Waals surface area contributed by atoms with E-state index in [1.165, 1.54) is 18.2 Å². The molecule has 0 aliphatic heterocycles. The van der Waals surface area contributed by atoms with Gasteiger partial charge >= 0.3 is 5.97 Å². The summed E-state index contributed by atoms with van der Waals surface area (Å²) in [5, 5.41) is 28.5. The highest BCUT2D eigenvalue weighted by atomic mass is 16.4. The van der Waals surface area contributed by atoms with Gasteiger partial charge in [-0.2, -0.15) is 0 Å². The van der Waals surface area contributed by atoms with Gasteiger partial charge in [-0.15, -0.1) is 0 Å². The number of aryl methyl sites for hydroxylation is 1. The van der Waals surface area contributed by atoms with Crippen molar-refractivity contribution in [3.05, 3.63) is 41.5 Å². The summed E-state index contributed by atoms with van der Waals surface area (Å²) in [7, 11) is 0. The van der Waals surface area contributed by atoms with Gasteiger partial charge in [-0.3, -0.25) is 4.57 Å². The second-order valence-corrected chi connectivity index (χ2v) is 3.67. The van der Waals surface area contributed by atoms with Crippen LogP contribution < -0.4 is 0 Å². The van der Waals surface area contributed by atoms with Crippen molar-refractivity contribution in [3.8, 4) is 17.4 Å². The van der Waals surface area contributed by atoms with Crippen LogP contribution in [0.2, 0.25) is 0 Å². The minimum absolute atomic E-state index is 0.00806. The Kier molecular flexibility index (Phi) is 2.51. The predicted octanol–water partition coefficient (Wildman–Crippen LogP) is 1.90. The fourth-order valence-electron chi connectivity index (χ4n) is 1.69. The van der Waals surface area contributed by atoms with E-state index in [0.717, 1.165) is 4.57 Å². The van der Waals surface area contributed by atoms with E-state index in [9.17, 15) is 15.0 Å². The van der Waals surface area contributed by atoms with E-state index in [2.05, 4.69) is 0 Å². The molecule has 1 aromatic heterocycles. The fourth-order valence-corrected chi connectivity index (χ4v) is 1.69. The smallest absolute Gasteiger partial charge is 0.337 e. The number of nitrogens with zero attached hydrogens (tertiary/aromatic N) is 1. The van der Waals surface area contributed by atoms with Crippen molar-refractivity contribution in [1.29, 1.82) is 0 Å². The molecule has 5 heteroatoms. The Morgan fingerprint density at radius 2 is 1.88 bits per heavy atom. The summed E-state index contributed by atoms with van der Waals surface area (Å²) in [6.45, 7) is 1.62. The highest BCUT2D eigenvalue weighted by molar-refractivity contribution is 5.92. The summed E-state index contributed by atoms with van der Waals surface area (Å²) < 4.78 is 1.10. The molecule has 0 atom stereocenters. The average molecular weight is 233 g/mol. The minimum Gasteiger partial charge on any atom is -0.494 e. The Labute approximate surface area is 97.2 Å². The Balaban J connectivity index is 2.72. The van der Waals surface area contributed by atoms with Crippen molar-refractivity contribution in [2.75, 3.05) is 0 Å². The van der Waals surface area contributed by atoms with Gasteiger partial charge < -0.3 is 15.3 Å². The molecule has 0 amide bonds. The van der Waals surface area contributed by atoms with Gasteiger partial charge in [0.05, 0.1) is 11.3 Å². The topological polar surface area (TPSA) is 82.7 Å². The zero-order valence-corrected chi connectivity index (χ0v) is 9.08. The molecule has 1 aromatic carbocycles. The quantitative estimate of drug-likeness (QED) is 0.739. The number of carbonyl (C=O) groups is 1. The van der Waals surface area contributed by atoms with Crippen LogP contribution in [-0.4, -0.2) is 25.9 Å². The number of aromatic carboxylic acids is 1. The largest absolute Gasteiger partial charge is 0.494 e. The predicted molar refractivity (Wildman–Crippen MR) is 60.8 cm³/mol. The molecule has 17 heavy (non-hydrogen) atoms. The Bertz CT molecular complexity index is 586. The van der Waals surface area contributed by atoms with Crippen molar-refractivity contribution in [2.45, 2.75) is 6.92 Å². The Morgan fingerprint density at radius 1 is 1.24 bits per heavy atom. The van der Waals surface area contributed by atoms with E-state index in [1.807, 2.05) is 0 Å². The summed E-state index contributed by atoms with van der Waals surface area (Å²) >= 11 is 0. The average Bonchev–Trinajstić information content (AvgIpc) is 2.53. The molecule has 3 N–H and O–H groups in total. The number of benzene rings is 1. The Hall–Kier alpha value is -2.43. The summed E-state index contributed by atoms with van der Waals surface area (Å²) in [5.74, 6) is -1.49. The number of carboxylic acid groups (broad SMARTS) is 1.